The average Bonchev–Trinajstić information content (AvgIpc) is 3.44. The van der Waals surface area contributed by atoms with Crippen molar-refractivity contribution in [3.05, 3.63) is 88.6 Å². The number of phenolic OH excluding ortho intramolecular Hbond substituents is 1. The van der Waals surface area contributed by atoms with Gasteiger partial charge in [0.1, 0.15) is 17.1 Å². The van der Waals surface area contributed by atoms with Crippen molar-refractivity contribution in [2.45, 2.75) is 19.5 Å². The first kappa shape index (κ1) is 23.3. The Morgan fingerprint density at radius 1 is 0.972 bits per heavy atom. The van der Waals surface area contributed by atoms with E-state index in [-0.39, 0.29) is 11.7 Å². The van der Waals surface area contributed by atoms with E-state index in [0.29, 0.717) is 46.3 Å². The smallest absolute Gasteiger partial charge is 0.273 e. The standard InChI is InChI=1S/C28H27N3O5/c1-16-10-11-20(32)19(12-16)24-23-25(30-29-24)28(33)31(15-17-8-6-5-7-9-17)26(23)18-13-21(34-2)27(36-4)22(14-18)35-3/h5-14,26,32H,15H2,1-4H3,(H,29,30)/t26-/m1/s1. The largest absolute Gasteiger partial charge is 0.507 e. The first-order valence-electron chi connectivity index (χ1n) is 11.5. The summed E-state index contributed by atoms with van der Waals surface area (Å²) in [5.41, 5.74) is 4.87. The number of amides is 1. The lowest BCUT2D eigenvalue weighted by Gasteiger charge is -2.27. The molecule has 36 heavy (non-hydrogen) atoms. The van der Waals surface area contributed by atoms with E-state index in [4.69, 9.17) is 14.2 Å². The van der Waals surface area contributed by atoms with Crippen LogP contribution in [0.25, 0.3) is 11.3 Å². The number of rotatable bonds is 7. The molecule has 184 valence electrons. The molecule has 0 saturated heterocycles. The van der Waals surface area contributed by atoms with E-state index in [1.807, 2.05) is 61.5 Å². The molecule has 1 aliphatic heterocycles. The number of hydrogen-bond acceptors (Lipinski definition) is 6. The van der Waals surface area contributed by atoms with Crippen LogP contribution in [0.2, 0.25) is 0 Å². The van der Waals surface area contributed by atoms with Crippen molar-refractivity contribution in [1.29, 1.82) is 0 Å². The second kappa shape index (κ2) is 9.30. The molecule has 0 bridgehead atoms. The molecule has 1 atom stereocenters. The maximum atomic E-state index is 13.7. The number of fused-ring (bicyclic) bond motifs is 1. The van der Waals surface area contributed by atoms with Gasteiger partial charge in [-0.2, -0.15) is 5.10 Å². The molecule has 8 nitrogen and oxygen atoms in total. The zero-order chi connectivity index (χ0) is 25.4. The normalized spacial score (nSPS) is 14.6. The highest BCUT2D eigenvalue weighted by Gasteiger charge is 2.43. The van der Waals surface area contributed by atoms with Crippen LogP contribution in [0.5, 0.6) is 23.0 Å². The lowest BCUT2D eigenvalue weighted by molar-refractivity contribution is 0.0729. The van der Waals surface area contributed by atoms with Crippen LogP contribution in [0.1, 0.15) is 38.8 Å². The Hall–Kier alpha value is -4.46. The summed E-state index contributed by atoms with van der Waals surface area (Å²) < 4.78 is 16.7. The van der Waals surface area contributed by atoms with E-state index < -0.39 is 6.04 Å². The number of methoxy groups -OCH3 is 3. The third-order valence-corrected chi connectivity index (χ3v) is 6.47. The van der Waals surface area contributed by atoms with Crippen molar-refractivity contribution in [3.63, 3.8) is 0 Å². The van der Waals surface area contributed by atoms with Gasteiger partial charge in [0, 0.05) is 17.7 Å². The summed E-state index contributed by atoms with van der Waals surface area (Å²) in [6, 6.07) is 18.3. The highest BCUT2D eigenvalue weighted by Crippen LogP contribution is 2.48. The summed E-state index contributed by atoms with van der Waals surface area (Å²) in [5.74, 6) is 1.34. The molecule has 8 heteroatoms. The van der Waals surface area contributed by atoms with Gasteiger partial charge in [0.05, 0.1) is 27.4 Å². The second-order valence-electron chi connectivity index (χ2n) is 8.66. The molecule has 1 aliphatic rings. The Morgan fingerprint density at radius 3 is 2.31 bits per heavy atom. The van der Waals surface area contributed by atoms with E-state index in [1.54, 1.807) is 32.3 Å². The summed E-state index contributed by atoms with van der Waals surface area (Å²) in [6.45, 7) is 2.32. The molecule has 5 rings (SSSR count). The zero-order valence-electron chi connectivity index (χ0n) is 20.5. The Labute approximate surface area is 209 Å². The molecule has 2 heterocycles. The number of nitrogens with zero attached hydrogens (tertiary/aromatic N) is 2. The van der Waals surface area contributed by atoms with E-state index in [9.17, 15) is 9.90 Å². The van der Waals surface area contributed by atoms with Crippen LogP contribution in [0, 0.1) is 6.92 Å². The van der Waals surface area contributed by atoms with Crippen molar-refractivity contribution in [1.82, 2.24) is 15.1 Å². The first-order chi connectivity index (χ1) is 17.5. The van der Waals surface area contributed by atoms with Gasteiger partial charge in [-0.25, -0.2) is 0 Å². The lowest BCUT2D eigenvalue weighted by atomic mass is 9.94. The van der Waals surface area contributed by atoms with Crippen molar-refractivity contribution in [3.8, 4) is 34.3 Å². The fourth-order valence-electron chi connectivity index (χ4n) is 4.79. The highest BCUT2D eigenvalue weighted by atomic mass is 16.5. The highest BCUT2D eigenvalue weighted by molar-refractivity contribution is 6.00. The molecule has 1 aromatic heterocycles. The quantitative estimate of drug-likeness (QED) is 0.388. The topological polar surface area (TPSA) is 96.9 Å². The fourth-order valence-corrected chi connectivity index (χ4v) is 4.79. The predicted octanol–water partition coefficient (Wildman–Crippen LogP) is 4.86. The van der Waals surface area contributed by atoms with E-state index in [2.05, 4.69) is 10.2 Å². The minimum atomic E-state index is -0.518. The van der Waals surface area contributed by atoms with E-state index in [1.165, 1.54) is 0 Å². The van der Waals surface area contributed by atoms with Crippen LogP contribution in [-0.2, 0) is 6.54 Å². The number of aromatic nitrogens is 2. The summed E-state index contributed by atoms with van der Waals surface area (Å²) >= 11 is 0. The number of H-pyrrole nitrogens is 1. The summed E-state index contributed by atoms with van der Waals surface area (Å²) in [7, 11) is 4.66. The molecular formula is C28H27N3O5. The van der Waals surface area contributed by atoms with Gasteiger partial charge in [0.15, 0.2) is 11.5 Å². The number of aryl methyl sites for hydroxylation is 1. The van der Waals surface area contributed by atoms with Gasteiger partial charge in [0.2, 0.25) is 5.75 Å². The van der Waals surface area contributed by atoms with Crippen LogP contribution in [-0.4, -0.2) is 47.4 Å². The number of aromatic amines is 1. The van der Waals surface area contributed by atoms with Crippen molar-refractivity contribution in [2.24, 2.45) is 0 Å². The van der Waals surface area contributed by atoms with Gasteiger partial charge in [-0.05, 0) is 42.3 Å². The summed E-state index contributed by atoms with van der Waals surface area (Å²) in [6.07, 6.45) is 0. The van der Waals surface area contributed by atoms with Crippen LogP contribution in [0.4, 0.5) is 0 Å². The summed E-state index contributed by atoms with van der Waals surface area (Å²) in [4.78, 5) is 15.5. The molecule has 0 radical (unpaired) electrons. The fraction of sp³-hybridized carbons (Fsp3) is 0.214. The number of benzene rings is 3. The molecule has 0 spiro atoms. The van der Waals surface area contributed by atoms with Crippen LogP contribution in [0.15, 0.2) is 60.7 Å². The molecule has 2 N–H and O–H groups in total. The first-order valence-corrected chi connectivity index (χ1v) is 11.5. The Morgan fingerprint density at radius 2 is 1.67 bits per heavy atom. The Kier molecular flexibility index (Phi) is 6.01. The van der Waals surface area contributed by atoms with Crippen LogP contribution >= 0.6 is 0 Å². The van der Waals surface area contributed by atoms with Crippen molar-refractivity contribution >= 4 is 5.91 Å². The number of aromatic hydroxyl groups is 1. The molecule has 0 saturated carbocycles. The zero-order valence-corrected chi connectivity index (χ0v) is 20.5. The minimum absolute atomic E-state index is 0.0903. The SMILES string of the molecule is COc1cc([C@@H]2c3c(-c4cc(C)ccc4O)n[nH]c3C(=O)N2Cc2ccccc2)cc(OC)c1OC. The molecular weight excluding hydrogens is 458 g/mol. The second-order valence-corrected chi connectivity index (χ2v) is 8.66. The summed E-state index contributed by atoms with van der Waals surface area (Å²) in [5, 5.41) is 18.1. The molecule has 1 amide bonds. The van der Waals surface area contributed by atoms with Gasteiger partial charge in [-0.3, -0.25) is 9.89 Å². The van der Waals surface area contributed by atoms with Gasteiger partial charge in [-0.15, -0.1) is 0 Å². The number of carbonyl (C=O) groups excluding carboxylic acids is 1. The molecule has 0 fully saturated rings. The minimum Gasteiger partial charge on any atom is -0.507 e. The Balaban J connectivity index is 1.73. The monoisotopic (exact) mass is 485 g/mol. The molecule has 0 unspecified atom stereocenters. The van der Waals surface area contributed by atoms with Crippen LogP contribution in [0.3, 0.4) is 0 Å². The van der Waals surface area contributed by atoms with Crippen LogP contribution < -0.4 is 14.2 Å². The lowest BCUT2D eigenvalue weighted by Crippen LogP contribution is -2.29. The van der Waals surface area contributed by atoms with Gasteiger partial charge in [0.25, 0.3) is 5.91 Å². The van der Waals surface area contributed by atoms with Gasteiger partial charge < -0.3 is 24.2 Å². The van der Waals surface area contributed by atoms with Crippen molar-refractivity contribution < 1.29 is 24.1 Å². The van der Waals surface area contributed by atoms with E-state index >= 15 is 0 Å². The number of phenols is 1. The number of hydrogen-bond donors (Lipinski definition) is 2. The van der Waals surface area contributed by atoms with Gasteiger partial charge in [-0.1, -0.05) is 42.0 Å². The third-order valence-electron chi connectivity index (χ3n) is 6.47. The number of ether oxygens (including phenoxy) is 3. The maximum Gasteiger partial charge on any atom is 0.273 e. The van der Waals surface area contributed by atoms with E-state index in [0.717, 1.165) is 16.7 Å². The maximum absolute atomic E-state index is 13.7. The predicted molar refractivity (Wildman–Crippen MR) is 135 cm³/mol. The molecule has 0 aliphatic carbocycles. The Bertz CT molecular complexity index is 1410. The number of carbonyl (C=O) groups is 1. The molecule has 3 aromatic carbocycles. The van der Waals surface area contributed by atoms with Gasteiger partial charge >= 0.3 is 0 Å². The average molecular weight is 486 g/mol. The molecule has 4 aromatic rings. The number of nitrogens with one attached hydrogen (secondary N) is 1. The van der Waals surface area contributed by atoms with Crippen molar-refractivity contribution in [2.75, 3.05) is 21.3 Å². The third kappa shape index (κ3) is 3.80.